The summed E-state index contributed by atoms with van der Waals surface area (Å²) < 4.78 is 13.7. The molecule has 1 saturated heterocycles. The summed E-state index contributed by atoms with van der Waals surface area (Å²) in [5.74, 6) is 1.32. The molecule has 0 radical (unpaired) electrons. The number of hydrogen-bond acceptors (Lipinski definition) is 7. The molecule has 0 saturated carbocycles. The Kier molecular flexibility index (Phi) is 14.5. The molecule has 3 amide bonds. The van der Waals surface area contributed by atoms with Crippen LogP contribution in [0.4, 0.5) is 11.4 Å². The van der Waals surface area contributed by atoms with Crippen LogP contribution in [0.1, 0.15) is 57.8 Å². The van der Waals surface area contributed by atoms with E-state index in [-0.39, 0.29) is 48.3 Å². The maximum Gasteiger partial charge on any atom is 0.259 e. The van der Waals surface area contributed by atoms with E-state index in [0.717, 1.165) is 62.3 Å². The van der Waals surface area contributed by atoms with Gasteiger partial charge in [0.2, 0.25) is 5.91 Å². The normalized spacial score (nSPS) is 12.9. The fourth-order valence-corrected chi connectivity index (χ4v) is 5.90. The Labute approximate surface area is 306 Å². The van der Waals surface area contributed by atoms with Gasteiger partial charge >= 0.3 is 0 Å². The van der Waals surface area contributed by atoms with Gasteiger partial charge in [-0.3, -0.25) is 14.4 Å². The van der Waals surface area contributed by atoms with Crippen molar-refractivity contribution in [2.75, 3.05) is 64.2 Å². The molecule has 0 unspecified atom stereocenters. The molecule has 0 spiro atoms. The number of aryl methyl sites for hydroxylation is 3. The standard InChI is InChI=1S/C37H46N6O5.2ClH/c1-25-14-17-30(33(23-25)48-22-9-7-8-13-34(44)43-20-18-40(3)19-21-43)42(5)37(46)27-15-16-28(32(24-27)47-6)36(45)39-29-11-10-12-31-35(29)38-26(2)41(31)4;;/h10-12,14-17,23-24H,7-9,13,18-22H2,1-6H3,(H,39,45);2*1H. The van der Waals surface area contributed by atoms with Crippen molar-refractivity contribution in [1.29, 1.82) is 0 Å². The summed E-state index contributed by atoms with van der Waals surface area (Å²) in [7, 11) is 7.19. The van der Waals surface area contributed by atoms with Crippen molar-refractivity contribution in [3.8, 4) is 11.5 Å². The van der Waals surface area contributed by atoms with Gasteiger partial charge in [0.05, 0.1) is 36.2 Å². The molecule has 13 heteroatoms. The van der Waals surface area contributed by atoms with E-state index in [9.17, 15) is 14.4 Å². The van der Waals surface area contributed by atoms with Gasteiger partial charge in [0.15, 0.2) is 0 Å². The maximum absolute atomic E-state index is 13.7. The number of amides is 3. The first kappa shape index (κ1) is 40.1. The number of anilines is 2. The Morgan fingerprint density at radius 3 is 2.36 bits per heavy atom. The number of unbranched alkanes of at least 4 members (excludes halogenated alkanes) is 2. The Morgan fingerprint density at radius 1 is 0.900 bits per heavy atom. The van der Waals surface area contributed by atoms with Crippen LogP contribution in [-0.2, 0) is 11.8 Å². The molecule has 11 nitrogen and oxygen atoms in total. The van der Waals surface area contributed by atoms with E-state index in [2.05, 4.69) is 22.2 Å². The van der Waals surface area contributed by atoms with Crippen LogP contribution in [0.15, 0.2) is 54.6 Å². The first-order chi connectivity index (χ1) is 23.1. The number of rotatable bonds is 12. The number of nitrogens with zero attached hydrogens (tertiary/aromatic N) is 5. The topological polar surface area (TPSA) is 109 Å². The van der Waals surface area contributed by atoms with Crippen molar-refractivity contribution in [1.82, 2.24) is 19.4 Å². The van der Waals surface area contributed by atoms with Crippen LogP contribution in [0.25, 0.3) is 11.0 Å². The first-order valence-corrected chi connectivity index (χ1v) is 16.5. The lowest BCUT2D eigenvalue weighted by atomic mass is 10.1. The van der Waals surface area contributed by atoms with Crippen molar-refractivity contribution < 1.29 is 23.9 Å². The predicted octanol–water partition coefficient (Wildman–Crippen LogP) is 6.28. The fraction of sp³-hybridized carbons (Fsp3) is 0.405. The Hall–Kier alpha value is -4.32. The molecule has 5 rings (SSSR count). The molecular weight excluding hydrogens is 679 g/mol. The summed E-state index contributed by atoms with van der Waals surface area (Å²) in [5.41, 5.74) is 4.51. The molecule has 3 aromatic carbocycles. The Bertz CT molecular complexity index is 1800. The van der Waals surface area contributed by atoms with E-state index >= 15 is 0 Å². The number of para-hydroxylation sites is 1. The third-order valence-electron chi connectivity index (χ3n) is 9.01. The van der Waals surface area contributed by atoms with Crippen molar-refractivity contribution in [3.63, 3.8) is 0 Å². The smallest absolute Gasteiger partial charge is 0.259 e. The van der Waals surface area contributed by atoms with E-state index < -0.39 is 0 Å². The number of piperazine rings is 1. The lowest BCUT2D eigenvalue weighted by Gasteiger charge is -2.32. The molecule has 1 aliphatic rings. The van der Waals surface area contributed by atoms with Crippen LogP contribution in [0.3, 0.4) is 0 Å². The van der Waals surface area contributed by atoms with E-state index in [1.165, 1.54) is 7.11 Å². The maximum atomic E-state index is 13.7. The molecule has 270 valence electrons. The lowest BCUT2D eigenvalue weighted by Crippen LogP contribution is -2.47. The molecule has 0 bridgehead atoms. The summed E-state index contributed by atoms with van der Waals surface area (Å²) in [4.78, 5) is 49.9. The molecule has 1 aromatic heterocycles. The zero-order valence-electron chi connectivity index (χ0n) is 29.7. The second-order valence-corrected chi connectivity index (χ2v) is 12.4. The Balaban J connectivity index is 0.00000338. The largest absolute Gasteiger partial charge is 0.496 e. The second kappa shape index (κ2) is 18.1. The molecular formula is C37H48Cl2N6O5. The van der Waals surface area contributed by atoms with E-state index in [1.807, 2.05) is 66.8 Å². The molecule has 50 heavy (non-hydrogen) atoms. The van der Waals surface area contributed by atoms with Crippen LogP contribution in [0.5, 0.6) is 11.5 Å². The third-order valence-corrected chi connectivity index (χ3v) is 9.01. The summed E-state index contributed by atoms with van der Waals surface area (Å²) in [5, 5.41) is 2.95. The molecule has 1 fully saturated rings. The number of ether oxygens (including phenoxy) is 2. The SMILES string of the molecule is COc1cc(C(=O)N(C)c2ccc(C)cc2OCCCCCC(=O)N2CCN(C)CC2)ccc1C(=O)Nc1cccc2c1nc(C)n2C.Cl.Cl. The highest BCUT2D eigenvalue weighted by Gasteiger charge is 2.22. The van der Waals surface area contributed by atoms with E-state index in [0.29, 0.717) is 46.8 Å². The van der Waals surface area contributed by atoms with Gasteiger partial charge < -0.3 is 34.1 Å². The number of benzene rings is 3. The molecule has 4 aromatic rings. The van der Waals surface area contributed by atoms with Gasteiger partial charge in [-0.05, 0) is 88.2 Å². The van der Waals surface area contributed by atoms with Crippen LogP contribution < -0.4 is 19.7 Å². The highest BCUT2D eigenvalue weighted by molar-refractivity contribution is 6.11. The highest BCUT2D eigenvalue weighted by Crippen LogP contribution is 2.32. The molecule has 2 heterocycles. The summed E-state index contributed by atoms with van der Waals surface area (Å²) in [6.07, 6.45) is 3.06. The number of carbonyl (C=O) groups is 3. The third kappa shape index (κ3) is 9.26. The Morgan fingerprint density at radius 2 is 1.64 bits per heavy atom. The van der Waals surface area contributed by atoms with Gasteiger partial charge in [-0.2, -0.15) is 0 Å². The summed E-state index contributed by atoms with van der Waals surface area (Å²) in [6, 6.07) is 16.2. The first-order valence-electron chi connectivity index (χ1n) is 16.5. The van der Waals surface area contributed by atoms with E-state index in [1.54, 1.807) is 30.1 Å². The number of halogens is 2. The number of imidazole rings is 1. The average molecular weight is 728 g/mol. The number of likely N-dealkylation sites (N-methyl/N-ethyl adjacent to an activating group) is 1. The lowest BCUT2D eigenvalue weighted by molar-refractivity contribution is -0.132. The van der Waals surface area contributed by atoms with Crippen LogP contribution >= 0.6 is 24.8 Å². The van der Waals surface area contributed by atoms with Crippen molar-refractivity contribution >= 4 is 64.9 Å². The van der Waals surface area contributed by atoms with E-state index in [4.69, 9.17) is 9.47 Å². The minimum absolute atomic E-state index is 0. The van der Waals surface area contributed by atoms with Crippen LogP contribution in [0.2, 0.25) is 0 Å². The zero-order valence-corrected chi connectivity index (χ0v) is 31.3. The number of carbonyl (C=O) groups excluding carboxylic acids is 3. The molecule has 0 atom stereocenters. The van der Waals surface area contributed by atoms with Gasteiger partial charge in [-0.15, -0.1) is 24.8 Å². The number of methoxy groups -OCH3 is 1. The number of hydrogen-bond donors (Lipinski definition) is 1. The fourth-order valence-electron chi connectivity index (χ4n) is 5.90. The monoisotopic (exact) mass is 726 g/mol. The number of nitrogens with one attached hydrogen (secondary N) is 1. The summed E-state index contributed by atoms with van der Waals surface area (Å²) in [6.45, 7) is 7.82. The highest BCUT2D eigenvalue weighted by atomic mass is 35.5. The summed E-state index contributed by atoms with van der Waals surface area (Å²) >= 11 is 0. The minimum atomic E-state index is -0.368. The van der Waals surface area contributed by atoms with Gasteiger partial charge in [0.1, 0.15) is 22.8 Å². The quantitative estimate of drug-likeness (QED) is 0.171. The van der Waals surface area contributed by atoms with Crippen LogP contribution in [-0.4, -0.2) is 91.1 Å². The van der Waals surface area contributed by atoms with Gasteiger partial charge in [-0.1, -0.05) is 12.1 Å². The zero-order chi connectivity index (χ0) is 34.4. The van der Waals surface area contributed by atoms with Crippen molar-refractivity contribution in [2.45, 2.75) is 39.5 Å². The second-order valence-electron chi connectivity index (χ2n) is 12.4. The van der Waals surface area contributed by atoms with Gasteiger partial charge in [0, 0.05) is 52.3 Å². The molecule has 0 aliphatic carbocycles. The van der Waals surface area contributed by atoms with Gasteiger partial charge in [0.25, 0.3) is 11.8 Å². The number of fused-ring (bicyclic) bond motifs is 1. The predicted molar refractivity (Wildman–Crippen MR) is 203 cm³/mol. The molecule has 1 N–H and O–H groups in total. The van der Waals surface area contributed by atoms with Gasteiger partial charge in [-0.25, -0.2) is 4.98 Å². The van der Waals surface area contributed by atoms with Crippen molar-refractivity contribution in [3.05, 3.63) is 77.1 Å². The minimum Gasteiger partial charge on any atom is -0.496 e. The molecule has 1 aliphatic heterocycles. The van der Waals surface area contributed by atoms with Crippen LogP contribution in [0, 0.1) is 13.8 Å². The average Bonchev–Trinajstić information content (AvgIpc) is 3.39. The van der Waals surface area contributed by atoms with Crippen molar-refractivity contribution in [2.24, 2.45) is 7.05 Å². The number of aromatic nitrogens is 2.